The summed E-state index contributed by atoms with van der Waals surface area (Å²) in [7, 11) is 3.05. The summed E-state index contributed by atoms with van der Waals surface area (Å²) < 4.78 is 16.1. The van der Waals surface area contributed by atoms with Crippen LogP contribution in [0.4, 0.5) is 11.4 Å². The Kier molecular flexibility index (Phi) is 5.98. The predicted octanol–water partition coefficient (Wildman–Crippen LogP) is 4.19. The predicted molar refractivity (Wildman–Crippen MR) is 122 cm³/mol. The summed E-state index contributed by atoms with van der Waals surface area (Å²) >= 11 is 0. The summed E-state index contributed by atoms with van der Waals surface area (Å²) in [5, 5.41) is 2.88. The van der Waals surface area contributed by atoms with E-state index in [4.69, 9.17) is 14.2 Å². The second-order valence-corrected chi connectivity index (χ2v) is 7.46. The van der Waals surface area contributed by atoms with Crippen molar-refractivity contribution in [1.82, 2.24) is 0 Å². The molecule has 0 radical (unpaired) electrons. The molecule has 1 aliphatic heterocycles. The number of hydrogen-bond acceptors (Lipinski definition) is 5. The first-order valence-electron chi connectivity index (χ1n) is 10.1. The summed E-state index contributed by atoms with van der Waals surface area (Å²) in [6, 6.07) is 18.2. The molecule has 4 rings (SSSR count). The lowest BCUT2D eigenvalue weighted by atomic mass is 10.1. The minimum Gasteiger partial charge on any atom is -0.493 e. The largest absolute Gasteiger partial charge is 0.493 e. The third kappa shape index (κ3) is 4.37. The van der Waals surface area contributed by atoms with Crippen molar-refractivity contribution in [3.63, 3.8) is 0 Å². The van der Waals surface area contributed by atoms with Gasteiger partial charge in [-0.3, -0.25) is 9.59 Å². The molecule has 0 aliphatic carbocycles. The molecule has 0 saturated heterocycles. The number of rotatable bonds is 6. The number of benzene rings is 3. The zero-order chi connectivity index (χ0) is 22.7. The van der Waals surface area contributed by atoms with E-state index < -0.39 is 0 Å². The first kappa shape index (κ1) is 21.2. The van der Waals surface area contributed by atoms with Crippen molar-refractivity contribution in [2.75, 3.05) is 31.0 Å². The molecule has 32 heavy (non-hydrogen) atoms. The van der Waals surface area contributed by atoms with Crippen LogP contribution in [0, 0.1) is 6.92 Å². The fraction of sp³-hybridized carbons (Fsp3) is 0.200. The van der Waals surface area contributed by atoms with Crippen molar-refractivity contribution < 1.29 is 23.8 Å². The highest BCUT2D eigenvalue weighted by Crippen LogP contribution is 2.36. The van der Waals surface area contributed by atoms with E-state index in [0.717, 1.165) is 11.1 Å². The van der Waals surface area contributed by atoms with Gasteiger partial charge in [0.25, 0.3) is 11.8 Å². The molecule has 3 aromatic carbocycles. The molecule has 7 heteroatoms. The highest BCUT2D eigenvalue weighted by atomic mass is 16.5. The van der Waals surface area contributed by atoms with E-state index in [1.165, 1.54) is 14.2 Å². The molecule has 0 spiro atoms. The van der Waals surface area contributed by atoms with Gasteiger partial charge in [0, 0.05) is 11.3 Å². The summed E-state index contributed by atoms with van der Waals surface area (Å²) in [6.07, 6.45) is 0. The van der Waals surface area contributed by atoms with Crippen molar-refractivity contribution in [3.05, 3.63) is 77.4 Å². The highest BCUT2D eigenvalue weighted by molar-refractivity contribution is 6.05. The number of fused-ring (bicyclic) bond motifs is 1. The van der Waals surface area contributed by atoms with E-state index in [-0.39, 0.29) is 18.4 Å². The van der Waals surface area contributed by atoms with Gasteiger partial charge in [0.05, 0.1) is 26.5 Å². The molecular formula is C25H24N2O5. The van der Waals surface area contributed by atoms with E-state index in [9.17, 15) is 9.59 Å². The lowest BCUT2D eigenvalue weighted by Gasteiger charge is -2.30. The molecule has 0 atom stereocenters. The van der Waals surface area contributed by atoms with E-state index >= 15 is 0 Å². The Hall–Kier alpha value is -4.00. The third-order valence-corrected chi connectivity index (χ3v) is 5.27. The van der Waals surface area contributed by atoms with Gasteiger partial charge in [0.1, 0.15) is 5.75 Å². The molecule has 0 bridgehead atoms. The van der Waals surface area contributed by atoms with Gasteiger partial charge < -0.3 is 24.4 Å². The van der Waals surface area contributed by atoms with Crippen LogP contribution in [0.5, 0.6) is 17.2 Å². The fourth-order valence-electron chi connectivity index (χ4n) is 3.51. The molecule has 164 valence electrons. The van der Waals surface area contributed by atoms with Crippen molar-refractivity contribution in [2.45, 2.75) is 13.5 Å². The van der Waals surface area contributed by atoms with Gasteiger partial charge in [-0.05, 0) is 48.9 Å². The van der Waals surface area contributed by atoms with Crippen molar-refractivity contribution >= 4 is 23.2 Å². The number of amides is 2. The molecule has 3 aromatic rings. The maximum absolute atomic E-state index is 12.8. The summed E-state index contributed by atoms with van der Waals surface area (Å²) in [4.78, 5) is 27.1. The van der Waals surface area contributed by atoms with Gasteiger partial charge in [-0.25, -0.2) is 0 Å². The van der Waals surface area contributed by atoms with Gasteiger partial charge in [-0.2, -0.15) is 0 Å². The van der Waals surface area contributed by atoms with Gasteiger partial charge in [-0.1, -0.05) is 29.8 Å². The van der Waals surface area contributed by atoms with Gasteiger partial charge in [0.2, 0.25) is 0 Å². The standard InChI is InChI=1S/C25H24N2O5/c1-16-4-6-17(7-5-16)14-27-20-13-19(9-11-21(20)32-15-24(27)28)26-25(29)18-8-10-22(30-2)23(12-18)31-3/h4-13H,14-15H2,1-3H3,(H,26,29). The van der Waals surface area contributed by atoms with Crippen LogP contribution in [0.2, 0.25) is 0 Å². The topological polar surface area (TPSA) is 77.1 Å². The molecule has 7 nitrogen and oxygen atoms in total. The second kappa shape index (κ2) is 9.01. The van der Waals surface area contributed by atoms with Crippen LogP contribution in [0.1, 0.15) is 21.5 Å². The molecule has 1 heterocycles. The Morgan fingerprint density at radius 1 is 1.00 bits per heavy atom. The molecule has 1 aliphatic rings. The Morgan fingerprint density at radius 3 is 2.47 bits per heavy atom. The highest BCUT2D eigenvalue weighted by Gasteiger charge is 2.26. The first-order valence-corrected chi connectivity index (χ1v) is 10.1. The molecule has 0 aromatic heterocycles. The lowest BCUT2D eigenvalue weighted by molar-refractivity contribution is -0.121. The molecule has 0 saturated carbocycles. The van der Waals surface area contributed by atoms with Crippen LogP contribution in [-0.4, -0.2) is 32.6 Å². The maximum Gasteiger partial charge on any atom is 0.265 e. The Labute approximate surface area is 186 Å². The Balaban J connectivity index is 1.58. The lowest BCUT2D eigenvalue weighted by Crippen LogP contribution is -2.38. The van der Waals surface area contributed by atoms with Crippen molar-refractivity contribution in [2.24, 2.45) is 0 Å². The zero-order valence-electron chi connectivity index (χ0n) is 18.2. The third-order valence-electron chi connectivity index (χ3n) is 5.27. The molecule has 0 unspecified atom stereocenters. The zero-order valence-corrected chi connectivity index (χ0v) is 18.2. The Morgan fingerprint density at radius 2 is 1.75 bits per heavy atom. The van der Waals surface area contributed by atoms with Gasteiger partial charge in [0.15, 0.2) is 18.1 Å². The number of carbonyl (C=O) groups excluding carboxylic acids is 2. The number of nitrogens with one attached hydrogen (secondary N) is 1. The number of anilines is 2. The monoisotopic (exact) mass is 432 g/mol. The fourth-order valence-corrected chi connectivity index (χ4v) is 3.51. The second-order valence-electron chi connectivity index (χ2n) is 7.46. The van der Waals surface area contributed by atoms with E-state index in [1.807, 2.05) is 31.2 Å². The van der Waals surface area contributed by atoms with Gasteiger partial charge >= 0.3 is 0 Å². The van der Waals surface area contributed by atoms with Gasteiger partial charge in [-0.15, -0.1) is 0 Å². The van der Waals surface area contributed by atoms with Crippen LogP contribution in [0.25, 0.3) is 0 Å². The quantitative estimate of drug-likeness (QED) is 0.632. The average molecular weight is 432 g/mol. The van der Waals surface area contributed by atoms with E-state index in [2.05, 4.69) is 5.32 Å². The number of carbonyl (C=O) groups is 2. The van der Waals surface area contributed by atoms with Crippen LogP contribution in [0.3, 0.4) is 0 Å². The van der Waals surface area contributed by atoms with Crippen LogP contribution >= 0.6 is 0 Å². The van der Waals surface area contributed by atoms with Crippen molar-refractivity contribution in [1.29, 1.82) is 0 Å². The number of hydrogen-bond donors (Lipinski definition) is 1. The maximum atomic E-state index is 12.8. The van der Waals surface area contributed by atoms with E-state index in [0.29, 0.717) is 40.7 Å². The Bertz CT molecular complexity index is 1160. The molecule has 1 N–H and O–H groups in total. The normalized spacial score (nSPS) is 12.6. The number of ether oxygens (including phenoxy) is 3. The number of nitrogens with zero attached hydrogens (tertiary/aromatic N) is 1. The molecule has 2 amide bonds. The molecular weight excluding hydrogens is 408 g/mol. The molecule has 0 fully saturated rings. The van der Waals surface area contributed by atoms with Crippen LogP contribution in [-0.2, 0) is 11.3 Å². The van der Waals surface area contributed by atoms with Crippen LogP contribution in [0.15, 0.2) is 60.7 Å². The van der Waals surface area contributed by atoms with E-state index in [1.54, 1.807) is 41.3 Å². The smallest absolute Gasteiger partial charge is 0.265 e. The van der Waals surface area contributed by atoms with Crippen LogP contribution < -0.4 is 24.4 Å². The first-order chi connectivity index (χ1) is 15.5. The minimum atomic E-state index is -0.306. The SMILES string of the molecule is COc1ccc(C(=O)Nc2ccc3c(c2)N(Cc2ccc(C)cc2)C(=O)CO3)cc1OC. The summed E-state index contributed by atoms with van der Waals surface area (Å²) in [5.74, 6) is 1.16. The van der Waals surface area contributed by atoms with Crippen molar-refractivity contribution in [3.8, 4) is 17.2 Å². The summed E-state index contributed by atoms with van der Waals surface area (Å²) in [5.41, 5.74) is 3.76. The number of aryl methyl sites for hydroxylation is 1. The number of methoxy groups -OCH3 is 2. The minimum absolute atomic E-state index is 0.0176. The summed E-state index contributed by atoms with van der Waals surface area (Å²) in [6.45, 7) is 2.42. The average Bonchev–Trinajstić information content (AvgIpc) is 2.81.